The summed E-state index contributed by atoms with van der Waals surface area (Å²) in [6.45, 7) is 2.85. The molecule has 36 heavy (non-hydrogen) atoms. The molecule has 1 N–H and O–H groups in total. The van der Waals surface area contributed by atoms with E-state index in [0.717, 1.165) is 37.6 Å². The number of carbonyl (C=O) groups excluding carboxylic acids is 1. The molecule has 5 rings (SSSR count). The lowest BCUT2D eigenvalue weighted by molar-refractivity contribution is 0.0735. The predicted octanol–water partition coefficient (Wildman–Crippen LogP) is 4.48. The van der Waals surface area contributed by atoms with Crippen molar-refractivity contribution in [2.24, 2.45) is 0 Å². The van der Waals surface area contributed by atoms with Crippen molar-refractivity contribution in [2.45, 2.75) is 38.3 Å². The van der Waals surface area contributed by atoms with E-state index in [0.29, 0.717) is 54.2 Å². The minimum absolute atomic E-state index is 0. The Balaban J connectivity index is 0.00000304. The van der Waals surface area contributed by atoms with Gasteiger partial charge >= 0.3 is 0 Å². The number of fused-ring (bicyclic) bond motifs is 1. The van der Waals surface area contributed by atoms with Crippen LogP contribution in [0.2, 0.25) is 0 Å². The molecule has 0 unspecified atom stereocenters. The van der Waals surface area contributed by atoms with Gasteiger partial charge in [-0.3, -0.25) is 9.78 Å². The van der Waals surface area contributed by atoms with E-state index in [-0.39, 0.29) is 32.0 Å². The lowest BCUT2D eigenvalue weighted by atomic mass is 10.1. The number of morpholine rings is 1. The number of amides is 1. The molecule has 1 aliphatic carbocycles. The van der Waals surface area contributed by atoms with Crippen LogP contribution >= 0.6 is 13.5 Å². The monoisotopic (exact) mass is 515 g/mol. The molecule has 2 aliphatic rings. The minimum atomic E-state index is -0.636. The fourth-order valence-corrected chi connectivity index (χ4v) is 4.88. The number of benzene rings is 2. The number of ether oxygens (including phenoxy) is 1. The molecule has 1 saturated heterocycles. The van der Waals surface area contributed by atoms with Crippen molar-refractivity contribution >= 4 is 41.9 Å². The summed E-state index contributed by atoms with van der Waals surface area (Å²) in [5.74, 6) is -0.619. The van der Waals surface area contributed by atoms with Gasteiger partial charge in [-0.2, -0.15) is 13.5 Å². The Bertz CT molecular complexity index is 1210. The number of nitrogens with zero attached hydrogens (tertiary/aromatic N) is 4. The first-order valence-electron chi connectivity index (χ1n) is 12.1. The standard InChI is InChI=1S/C26H29F2N5O2.H2S/c1-32(21-4-2-3-5-21)26(34)18-12-22(29-15-17-10-19(27)14-20(28)11-17)25-23(13-18)30-16-24(31-25)33-6-8-35-9-7-33;/h10-14,16,21,29H,2-9,15H2,1H3;1H2. The molecule has 1 saturated carbocycles. The van der Waals surface area contributed by atoms with Crippen LogP contribution in [0.1, 0.15) is 41.6 Å². The zero-order chi connectivity index (χ0) is 24.4. The van der Waals surface area contributed by atoms with Crippen LogP contribution < -0.4 is 10.2 Å². The minimum Gasteiger partial charge on any atom is -0.379 e. The van der Waals surface area contributed by atoms with Gasteiger partial charge in [0.1, 0.15) is 23.0 Å². The van der Waals surface area contributed by atoms with E-state index in [1.807, 2.05) is 11.9 Å². The normalized spacial score (nSPS) is 16.1. The van der Waals surface area contributed by atoms with Crippen LogP contribution in [0.5, 0.6) is 0 Å². The van der Waals surface area contributed by atoms with Gasteiger partial charge in [-0.05, 0) is 42.7 Å². The second-order valence-electron chi connectivity index (χ2n) is 9.20. The van der Waals surface area contributed by atoms with Gasteiger partial charge in [0.15, 0.2) is 0 Å². The second kappa shape index (κ2) is 11.4. The van der Waals surface area contributed by atoms with Gasteiger partial charge < -0.3 is 19.9 Å². The van der Waals surface area contributed by atoms with Crippen molar-refractivity contribution in [3.63, 3.8) is 0 Å². The second-order valence-corrected chi connectivity index (χ2v) is 9.20. The summed E-state index contributed by atoms with van der Waals surface area (Å²) in [4.78, 5) is 26.7. The van der Waals surface area contributed by atoms with E-state index in [4.69, 9.17) is 9.72 Å². The number of rotatable bonds is 6. The predicted molar refractivity (Wildman–Crippen MR) is 141 cm³/mol. The van der Waals surface area contributed by atoms with Crippen molar-refractivity contribution < 1.29 is 18.3 Å². The number of hydrogen-bond donors (Lipinski definition) is 1. The number of nitrogens with one attached hydrogen (secondary N) is 1. The highest BCUT2D eigenvalue weighted by molar-refractivity contribution is 7.59. The third-order valence-corrected chi connectivity index (χ3v) is 6.82. The summed E-state index contributed by atoms with van der Waals surface area (Å²) in [5, 5.41) is 3.24. The van der Waals surface area contributed by atoms with Gasteiger partial charge in [-0.15, -0.1) is 0 Å². The highest BCUT2D eigenvalue weighted by atomic mass is 32.1. The first kappa shape index (κ1) is 26.1. The Morgan fingerprint density at radius 3 is 2.50 bits per heavy atom. The highest BCUT2D eigenvalue weighted by Crippen LogP contribution is 2.29. The van der Waals surface area contributed by atoms with Gasteiger partial charge in [0.2, 0.25) is 0 Å². The Kier molecular flexibility index (Phi) is 8.25. The van der Waals surface area contributed by atoms with Crippen LogP contribution in [-0.4, -0.2) is 60.2 Å². The van der Waals surface area contributed by atoms with E-state index in [1.165, 1.54) is 12.1 Å². The summed E-state index contributed by atoms with van der Waals surface area (Å²) >= 11 is 0. The average Bonchev–Trinajstić information content (AvgIpc) is 3.41. The molecule has 2 heterocycles. The third kappa shape index (κ3) is 5.70. The largest absolute Gasteiger partial charge is 0.379 e. The fourth-order valence-electron chi connectivity index (χ4n) is 4.88. The molecular weight excluding hydrogens is 484 g/mol. The Hall–Kier alpha value is -2.98. The van der Waals surface area contributed by atoms with Crippen LogP contribution in [0.25, 0.3) is 11.0 Å². The fraction of sp³-hybridized carbons (Fsp3) is 0.423. The van der Waals surface area contributed by atoms with E-state index in [1.54, 1.807) is 18.3 Å². The first-order chi connectivity index (χ1) is 17.0. The van der Waals surface area contributed by atoms with Gasteiger partial charge in [-0.1, -0.05) is 12.8 Å². The maximum atomic E-state index is 13.7. The Morgan fingerprint density at radius 2 is 1.81 bits per heavy atom. The zero-order valence-electron chi connectivity index (χ0n) is 20.3. The van der Waals surface area contributed by atoms with Crippen molar-refractivity contribution in [3.05, 3.63) is 59.3 Å². The van der Waals surface area contributed by atoms with Gasteiger partial charge in [0.05, 0.1) is 30.6 Å². The van der Waals surface area contributed by atoms with Crippen LogP contribution in [0, 0.1) is 11.6 Å². The molecule has 0 bridgehead atoms. The maximum absolute atomic E-state index is 13.7. The molecule has 192 valence electrons. The third-order valence-electron chi connectivity index (χ3n) is 6.82. The number of aromatic nitrogens is 2. The van der Waals surface area contributed by atoms with Crippen molar-refractivity contribution in [1.82, 2.24) is 14.9 Å². The molecule has 1 aliphatic heterocycles. The Morgan fingerprint density at radius 1 is 1.11 bits per heavy atom. The summed E-state index contributed by atoms with van der Waals surface area (Å²) in [7, 11) is 1.85. The zero-order valence-corrected chi connectivity index (χ0v) is 21.3. The van der Waals surface area contributed by atoms with Crippen molar-refractivity contribution in [3.8, 4) is 0 Å². The molecule has 7 nitrogen and oxygen atoms in total. The molecule has 3 aromatic rings. The summed E-state index contributed by atoms with van der Waals surface area (Å²) in [5.41, 5.74) is 2.74. The molecular formula is C26H31F2N5O2S. The number of halogens is 2. The molecule has 2 aromatic carbocycles. The summed E-state index contributed by atoms with van der Waals surface area (Å²) < 4.78 is 32.9. The van der Waals surface area contributed by atoms with Gasteiger partial charge in [0.25, 0.3) is 5.91 Å². The van der Waals surface area contributed by atoms with Crippen molar-refractivity contribution in [1.29, 1.82) is 0 Å². The average molecular weight is 516 g/mol. The Labute approximate surface area is 216 Å². The lowest BCUT2D eigenvalue weighted by Crippen LogP contribution is -2.36. The van der Waals surface area contributed by atoms with E-state index in [2.05, 4.69) is 15.2 Å². The lowest BCUT2D eigenvalue weighted by Gasteiger charge is -2.28. The molecule has 1 aromatic heterocycles. The quantitative estimate of drug-likeness (QED) is 0.522. The molecule has 0 atom stereocenters. The van der Waals surface area contributed by atoms with Gasteiger partial charge in [0, 0.05) is 44.4 Å². The summed E-state index contributed by atoms with van der Waals surface area (Å²) in [6.07, 6.45) is 6.00. The number of hydrogen-bond acceptors (Lipinski definition) is 6. The highest BCUT2D eigenvalue weighted by Gasteiger charge is 2.25. The SMILES string of the molecule is CN(C(=O)c1cc(NCc2cc(F)cc(F)c2)c2nc(N3CCOCC3)cnc2c1)C1CCCC1.S. The van der Waals surface area contributed by atoms with Crippen LogP contribution in [0.4, 0.5) is 20.3 Å². The van der Waals surface area contributed by atoms with Gasteiger partial charge in [-0.25, -0.2) is 13.8 Å². The molecule has 10 heteroatoms. The number of carbonyl (C=O) groups is 1. The number of anilines is 2. The molecule has 1 amide bonds. The van der Waals surface area contributed by atoms with Crippen LogP contribution in [0.15, 0.2) is 36.5 Å². The van der Waals surface area contributed by atoms with E-state index in [9.17, 15) is 13.6 Å². The maximum Gasteiger partial charge on any atom is 0.254 e. The van der Waals surface area contributed by atoms with Crippen molar-refractivity contribution in [2.75, 3.05) is 43.6 Å². The van der Waals surface area contributed by atoms with E-state index < -0.39 is 11.6 Å². The first-order valence-corrected chi connectivity index (χ1v) is 12.1. The molecule has 0 spiro atoms. The van der Waals surface area contributed by atoms with E-state index >= 15 is 0 Å². The smallest absolute Gasteiger partial charge is 0.254 e. The van der Waals surface area contributed by atoms with Crippen LogP contribution in [-0.2, 0) is 11.3 Å². The molecule has 2 fully saturated rings. The topological polar surface area (TPSA) is 70.6 Å². The molecule has 0 radical (unpaired) electrons. The summed E-state index contributed by atoms with van der Waals surface area (Å²) in [6, 6.07) is 7.19. The van der Waals surface area contributed by atoms with Crippen LogP contribution in [0.3, 0.4) is 0 Å².